The summed E-state index contributed by atoms with van der Waals surface area (Å²) in [6.07, 6.45) is 5.15. The molecule has 11 heavy (non-hydrogen) atoms. The molecule has 3 nitrogen and oxygen atoms in total. The third-order valence-electron chi connectivity index (χ3n) is 2.26. The molecule has 0 bridgehead atoms. The molecule has 1 aliphatic rings. The fraction of sp³-hybridized carbons (Fsp3) is 0.375. The highest BCUT2D eigenvalue weighted by Crippen LogP contribution is 2.22. The first kappa shape index (κ1) is 6.46. The predicted octanol–water partition coefficient (Wildman–Crippen LogP) is -0.241. The van der Waals surface area contributed by atoms with E-state index in [1.54, 1.807) is 4.68 Å². The molecule has 4 N–H and O–H groups in total. The molecule has 0 spiro atoms. The van der Waals surface area contributed by atoms with Gasteiger partial charge in [0.05, 0.1) is 0 Å². The molecule has 1 aromatic heterocycles. The maximum atomic E-state index is 5.77. The summed E-state index contributed by atoms with van der Waals surface area (Å²) in [5.74, 6) is 5.70. The van der Waals surface area contributed by atoms with Gasteiger partial charge in [0.1, 0.15) is 0 Å². The van der Waals surface area contributed by atoms with Gasteiger partial charge in [-0.25, -0.2) is 5.84 Å². The molecule has 0 aliphatic heterocycles. The number of rotatable bonds is 0. The van der Waals surface area contributed by atoms with E-state index in [1.807, 2.05) is 12.3 Å². The van der Waals surface area contributed by atoms with Crippen LogP contribution < -0.4 is 16.3 Å². The first-order valence-electron chi connectivity index (χ1n) is 3.86. The first-order valence-corrected chi connectivity index (χ1v) is 3.86. The number of nitrogen functional groups attached to an aromatic ring is 2. The zero-order valence-electron chi connectivity index (χ0n) is 6.38. The molecule has 0 saturated heterocycles. The standard InChI is InChI=1S/C8H11N3/c9-7-4-5-11(10)8-3-1-2-6(7)8/h4-5,9H,1-3,10H2/p+1. The summed E-state index contributed by atoms with van der Waals surface area (Å²) in [6, 6.07) is 1.87. The van der Waals surface area contributed by atoms with Crippen LogP contribution in [0.4, 0.5) is 5.69 Å². The largest absolute Gasteiger partial charge is 0.398 e. The van der Waals surface area contributed by atoms with Gasteiger partial charge in [0.25, 0.3) is 0 Å². The predicted molar refractivity (Wildman–Crippen MR) is 43.2 cm³/mol. The number of nitrogens with zero attached hydrogens (tertiary/aromatic N) is 1. The van der Waals surface area contributed by atoms with Crippen molar-refractivity contribution in [2.75, 3.05) is 11.6 Å². The highest BCUT2D eigenvalue weighted by molar-refractivity contribution is 5.48. The van der Waals surface area contributed by atoms with Gasteiger partial charge >= 0.3 is 0 Å². The number of pyridine rings is 1. The van der Waals surface area contributed by atoms with Crippen LogP contribution in [0.3, 0.4) is 0 Å². The molecule has 0 radical (unpaired) electrons. The average molecular weight is 150 g/mol. The summed E-state index contributed by atoms with van der Waals surface area (Å²) in [5, 5.41) is 0. The zero-order valence-corrected chi connectivity index (χ0v) is 6.38. The van der Waals surface area contributed by atoms with Crippen LogP contribution in [0.1, 0.15) is 17.7 Å². The molecule has 0 atom stereocenters. The minimum Gasteiger partial charge on any atom is -0.398 e. The van der Waals surface area contributed by atoms with Crippen LogP contribution in [-0.4, -0.2) is 0 Å². The third kappa shape index (κ3) is 0.843. The number of hydrogen-bond donors (Lipinski definition) is 2. The van der Waals surface area contributed by atoms with Crippen LogP contribution in [0.25, 0.3) is 0 Å². The SMILES string of the molecule is Nc1cc[n+](N)c2c1CCC2. The van der Waals surface area contributed by atoms with Crippen molar-refractivity contribution in [3.05, 3.63) is 23.5 Å². The lowest BCUT2D eigenvalue weighted by Gasteiger charge is -1.98. The number of nitrogens with two attached hydrogens (primary N) is 2. The van der Waals surface area contributed by atoms with Gasteiger partial charge in [-0.2, -0.15) is 0 Å². The van der Waals surface area contributed by atoms with Crippen molar-refractivity contribution >= 4 is 5.69 Å². The van der Waals surface area contributed by atoms with Crippen LogP contribution >= 0.6 is 0 Å². The monoisotopic (exact) mass is 150 g/mol. The lowest BCUT2D eigenvalue weighted by Crippen LogP contribution is -2.47. The van der Waals surface area contributed by atoms with Crippen molar-refractivity contribution < 1.29 is 4.68 Å². The van der Waals surface area contributed by atoms with E-state index in [-0.39, 0.29) is 0 Å². The second-order valence-corrected chi connectivity index (χ2v) is 2.96. The van der Waals surface area contributed by atoms with Gasteiger partial charge in [-0.15, -0.1) is 0 Å². The Labute approximate surface area is 65.6 Å². The molecule has 0 aromatic carbocycles. The normalized spacial score (nSPS) is 14.9. The molecule has 2 rings (SSSR count). The van der Waals surface area contributed by atoms with Crippen molar-refractivity contribution in [2.24, 2.45) is 0 Å². The van der Waals surface area contributed by atoms with Crippen molar-refractivity contribution in [3.8, 4) is 0 Å². The molecule has 1 heterocycles. The van der Waals surface area contributed by atoms with E-state index < -0.39 is 0 Å². The molecular formula is C8H12N3+. The quantitative estimate of drug-likeness (QED) is 0.396. The summed E-state index contributed by atoms with van der Waals surface area (Å²) in [6.45, 7) is 0. The van der Waals surface area contributed by atoms with Crippen LogP contribution in [0.2, 0.25) is 0 Å². The number of hydrogen-bond acceptors (Lipinski definition) is 2. The molecule has 1 aromatic rings. The van der Waals surface area contributed by atoms with Gasteiger partial charge in [0.2, 0.25) is 11.9 Å². The number of aromatic nitrogens is 1. The van der Waals surface area contributed by atoms with Crippen LogP contribution in [0, 0.1) is 0 Å². The smallest absolute Gasteiger partial charge is 0.216 e. The molecule has 0 saturated carbocycles. The molecule has 3 heteroatoms. The Hall–Kier alpha value is -1.25. The summed E-state index contributed by atoms with van der Waals surface area (Å²) >= 11 is 0. The van der Waals surface area contributed by atoms with Crippen molar-refractivity contribution in [1.82, 2.24) is 0 Å². The van der Waals surface area contributed by atoms with Crippen LogP contribution in [-0.2, 0) is 12.8 Å². The minimum absolute atomic E-state index is 0.888. The lowest BCUT2D eigenvalue weighted by atomic mass is 10.2. The molecule has 0 fully saturated rings. The van der Waals surface area contributed by atoms with Gasteiger partial charge in [-0.1, -0.05) is 4.68 Å². The summed E-state index contributed by atoms with van der Waals surface area (Å²) in [5.41, 5.74) is 9.10. The van der Waals surface area contributed by atoms with Gasteiger partial charge in [0.15, 0.2) is 0 Å². The Morgan fingerprint density at radius 1 is 1.36 bits per heavy atom. The molecule has 0 unspecified atom stereocenters. The van der Waals surface area contributed by atoms with E-state index in [0.29, 0.717) is 0 Å². The van der Waals surface area contributed by atoms with Crippen molar-refractivity contribution in [1.29, 1.82) is 0 Å². The van der Waals surface area contributed by atoms with Gasteiger partial charge in [0, 0.05) is 23.7 Å². The van der Waals surface area contributed by atoms with E-state index in [9.17, 15) is 0 Å². The Bertz CT molecular complexity index is 265. The zero-order chi connectivity index (χ0) is 7.84. The van der Waals surface area contributed by atoms with Gasteiger partial charge < -0.3 is 5.73 Å². The van der Waals surface area contributed by atoms with Crippen LogP contribution in [0.15, 0.2) is 12.3 Å². The fourth-order valence-electron chi connectivity index (χ4n) is 1.67. The maximum absolute atomic E-state index is 5.77. The molecular weight excluding hydrogens is 138 g/mol. The third-order valence-corrected chi connectivity index (χ3v) is 2.26. The van der Waals surface area contributed by atoms with E-state index in [0.717, 1.165) is 18.5 Å². The summed E-state index contributed by atoms with van der Waals surface area (Å²) < 4.78 is 1.68. The second-order valence-electron chi connectivity index (χ2n) is 2.96. The van der Waals surface area contributed by atoms with E-state index in [4.69, 9.17) is 11.6 Å². The summed E-state index contributed by atoms with van der Waals surface area (Å²) in [4.78, 5) is 0. The first-order chi connectivity index (χ1) is 5.29. The number of anilines is 1. The Morgan fingerprint density at radius 2 is 2.18 bits per heavy atom. The van der Waals surface area contributed by atoms with Gasteiger partial charge in [-0.05, 0) is 12.8 Å². The molecule has 0 amide bonds. The topological polar surface area (TPSA) is 55.9 Å². The highest BCUT2D eigenvalue weighted by Gasteiger charge is 2.22. The highest BCUT2D eigenvalue weighted by atomic mass is 15.3. The summed E-state index contributed by atoms with van der Waals surface area (Å²) in [7, 11) is 0. The molecule has 1 aliphatic carbocycles. The number of fused-ring (bicyclic) bond motifs is 1. The Morgan fingerprint density at radius 3 is 2.91 bits per heavy atom. The van der Waals surface area contributed by atoms with Crippen molar-refractivity contribution in [3.63, 3.8) is 0 Å². The van der Waals surface area contributed by atoms with E-state index in [2.05, 4.69) is 0 Å². The molecule has 58 valence electrons. The minimum atomic E-state index is 0.888. The second kappa shape index (κ2) is 2.12. The Kier molecular flexibility index (Phi) is 1.24. The van der Waals surface area contributed by atoms with Gasteiger partial charge in [-0.3, -0.25) is 0 Å². The van der Waals surface area contributed by atoms with E-state index in [1.165, 1.54) is 17.7 Å². The lowest BCUT2D eigenvalue weighted by molar-refractivity contribution is -0.646. The van der Waals surface area contributed by atoms with E-state index >= 15 is 0 Å². The fourth-order valence-corrected chi connectivity index (χ4v) is 1.67. The van der Waals surface area contributed by atoms with Crippen molar-refractivity contribution in [2.45, 2.75) is 19.3 Å². The maximum Gasteiger partial charge on any atom is 0.216 e. The van der Waals surface area contributed by atoms with Crippen LogP contribution in [0.5, 0.6) is 0 Å². The Balaban J connectivity index is 2.64. The average Bonchev–Trinajstić information content (AvgIpc) is 2.45.